The minimum absolute atomic E-state index is 0.168. The molecule has 0 aliphatic rings. The van der Waals surface area contributed by atoms with Crippen LogP contribution in [0.3, 0.4) is 0 Å². The summed E-state index contributed by atoms with van der Waals surface area (Å²) in [5, 5.41) is 21.2. The number of hydrogen-bond acceptors (Lipinski definition) is 4. The molecular formula is C11H14N2O2. The van der Waals surface area contributed by atoms with Crippen molar-refractivity contribution in [1.82, 2.24) is 5.32 Å². The molecule has 0 saturated carbocycles. The Labute approximate surface area is 89.1 Å². The molecule has 1 atom stereocenters. The first-order valence-corrected chi connectivity index (χ1v) is 4.69. The van der Waals surface area contributed by atoms with Gasteiger partial charge in [0.2, 0.25) is 0 Å². The van der Waals surface area contributed by atoms with E-state index in [2.05, 4.69) is 11.4 Å². The lowest BCUT2D eigenvalue weighted by Crippen LogP contribution is -2.23. The highest BCUT2D eigenvalue weighted by Gasteiger charge is 2.09. The molecular weight excluding hydrogens is 192 g/mol. The van der Waals surface area contributed by atoms with Crippen molar-refractivity contribution in [3.63, 3.8) is 0 Å². The van der Waals surface area contributed by atoms with Gasteiger partial charge in [-0.3, -0.25) is 5.32 Å². The van der Waals surface area contributed by atoms with E-state index in [1.54, 1.807) is 31.4 Å². The van der Waals surface area contributed by atoms with Crippen molar-refractivity contribution in [2.45, 2.75) is 6.04 Å². The lowest BCUT2D eigenvalue weighted by atomic mass is 10.1. The zero-order valence-corrected chi connectivity index (χ0v) is 8.60. The summed E-state index contributed by atoms with van der Waals surface area (Å²) in [5.41, 5.74) is 0.758. The van der Waals surface area contributed by atoms with Crippen molar-refractivity contribution in [2.24, 2.45) is 0 Å². The molecule has 4 nitrogen and oxygen atoms in total. The third kappa shape index (κ3) is 3.58. The van der Waals surface area contributed by atoms with Gasteiger partial charge in [0, 0.05) is 13.7 Å². The molecule has 0 bridgehead atoms. The Kier molecular flexibility index (Phi) is 4.61. The number of rotatable bonds is 5. The third-order valence-corrected chi connectivity index (χ3v) is 1.99. The summed E-state index contributed by atoms with van der Waals surface area (Å²) in [6.07, 6.45) is 0. The number of methoxy groups -OCH3 is 1. The fourth-order valence-corrected chi connectivity index (χ4v) is 1.25. The fourth-order valence-electron chi connectivity index (χ4n) is 1.25. The summed E-state index contributed by atoms with van der Waals surface area (Å²) in [7, 11) is 1.61. The van der Waals surface area contributed by atoms with Crippen molar-refractivity contribution in [2.75, 3.05) is 20.3 Å². The van der Waals surface area contributed by atoms with Crippen molar-refractivity contribution in [3.8, 4) is 11.8 Å². The molecule has 0 aromatic heterocycles. The Morgan fingerprint density at radius 1 is 1.60 bits per heavy atom. The quantitative estimate of drug-likeness (QED) is 0.710. The van der Waals surface area contributed by atoms with E-state index in [9.17, 15) is 5.11 Å². The lowest BCUT2D eigenvalue weighted by molar-refractivity contribution is 0.198. The molecule has 15 heavy (non-hydrogen) atoms. The summed E-state index contributed by atoms with van der Waals surface area (Å²) in [4.78, 5) is 0. The molecule has 0 fully saturated rings. The zero-order valence-electron chi connectivity index (χ0n) is 8.60. The van der Waals surface area contributed by atoms with Gasteiger partial charge in [-0.15, -0.1) is 0 Å². The molecule has 1 aromatic carbocycles. The molecule has 4 heteroatoms. The number of phenolic OH excluding ortho intramolecular Hbond substituents is 1. The minimum Gasteiger partial charge on any atom is -0.508 e. The van der Waals surface area contributed by atoms with Crippen molar-refractivity contribution < 1.29 is 9.84 Å². The summed E-state index contributed by atoms with van der Waals surface area (Å²) in [6, 6.07) is 8.38. The van der Waals surface area contributed by atoms with E-state index in [0.717, 1.165) is 5.56 Å². The Hall–Kier alpha value is -1.57. The molecule has 80 valence electrons. The fraction of sp³-hybridized carbons (Fsp3) is 0.364. The van der Waals surface area contributed by atoms with Crippen LogP contribution >= 0.6 is 0 Å². The predicted molar refractivity (Wildman–Crippen MR) is 56.3 cm³/mol. The summed E-state index contributed by atoms with van der Waals surface area (Å²) >= 11 is 0. The first kappa shape index (κ1) is 11.5. The standard InChI is InChI=1S/C11H14N2O2/c1-15-6-5-13-11(8-12)9-3-2-4-10(14)7-9/h2-4,7,11,13-14H,5-6H2,1H3. The molecule has 0 amide bonds. The summed E-state index contributed by atoms with van der Waals surface area (Å²) < 4.78 is 4.88. The van der Waals surface area contributed by atoms with Gasteiger partial charge in [0.1, 0.15) is 11.8 Å². The first-order chi connectivity index (χ1) is 7.27. The molecule has 0 aliphatic carbocycles. The van der Waals surface area contributed by atoms with Gasteiger partial charge >= 0.3 is 0 Å². The predicted octanol–water partition coefficient (Wildman–Crippen LogP) is 1.19. The highest BCUT2D eigenvalue weighted by molar-refractivity contribution is 5.31. The molecule has 0 heterocycles. The number of benzene rings is 1. The van der Waals surface area contributed by atoms with E-state index in [0.29, 0.717) is 13.2 Å². The van der Waals surface area contributed by atoms with Crippen LogP contribution in [-0.2, 0) is 4.74 Å². The molecule has 2 N–H and O–H groups in total. The van der Waals surface area contributed by atoms with Gasteiger partial charge in [-0.1, -0.05) is 12.1 Å². The summed E-state index contributed by atoms with van der Waals surface area (Å²) in [6.45, 7) is 1.15. The second kappa shape index (κ2) is 6.02. The Balaban J connectivity index is 2.63. The van der Waals surface area contributed by atoms with Crippen molar-refractivity contribution in [3.05, 3.63) is 29.8 Å². The van der Waals surface area contributed by atoms with Crippen molar-refractivity contribution >= 4 is 0 Å². The maximum Gasteiger partial charge on any atom is 0.121 e. The molecule has 0 saturated heterocycles. The van der Waals surface area contributed by atoms with Gasteiger partial charge in [-0.25, -0.2) is 0 Å². The number of hydrogen-bond donors (Lipinski definition) is 2. The van der Waals surface area contributed by atoms with Crippen LogP contribution in [0, 0.1) is 11.3 Å². The average Bonchev–Trinajstić information content (AvgIpc) is 2.24. The molecule has 0 radical (unpaired) electrons. The van der Waals surface area contributed by atoms with Crippen LogP contribution in [-0.4, -0.2) is 25.4 Å². The van der Waals surface area contributed by atoms with E-state index in [1.807, 2.05) is 0 Å². The van der Waals surface area contributed by atoms with Crippen LogP contribution in [0.1, 0.15) is 11.6 Å². The number of nitriles is 1. The molecule has 0 spiro atoms. The number of nitrogens with one attached hydrogen (secondary N) is 1. The van der Waals surface area contributed by atoms with Crippen LogP contribution in [0.2, 0.25) is 0 Å². The maximum absolute atomic E-state index is 9.27. The second-order valence-electron chi connectivity index (χ2n) is 3.10. The van der Waals surface area contributed by atoms with Crippen LogP contribution in [0.5, 0.6) is 5.75 Å². The van der Waals surface area contributed by atoms with E-state index in [1.165, 1.54) is 0 Å². The molecule has 1 aromatic rings. The highest BCUT2D eigenvalue weighted by atomic mass is 16.5. The SMILES string of the molecule is COCCNC(C#N)c1cccc(O)c1. The van der Waals surface area contributed by atoms with E-state index < -0.39 is 6.04 Å². The second-order valence-corrected chi connectivity index (χ2v) is 3.10. The Morgan fingerprint density at radius 2 is 2.40 bits per heavy atom. The van der Waals surface area contributed by atoms with Gasteiger partial charge in [0.05, 0.1) is 12.7 Å². The lowest BCUT2D eigenvalue weighted by Gasteiger charge is -2.11. The average molecular weight is 206 g/mol. The van der Waals surface area contributed by atoms with Gasteiger partial charge in [0.25, 0.3) is 0 Å². The minimum atomic E-state index is -0.410. The van der Waals surface area contributed by atoms with Crippen LogP contribution in [0.4, 0.5) is 0 Å². The van der Waals surface area contributed by atoms with Gasteiger partial charge in [0.15, 0.2) is 0 Å². The van der Waals surface area contributed by atoms with E-state index in [4.69, 9.17) is 10.00 Å². The van der Waals surface area contributed by atoms with Gasteiger partial charge < -0.3 is 9.84 Å². The largest absolute Gasteiger partial charge is 0.508 e. The zero-order chi connectivity index (χ0) is 11.1. The smallest absolute Gasteiger partial charge is 0.121 e. The van der Waals surface area contributed by atoms with Crippen LogP contribution in [0.15, 0.2) is 24.3 Å². The molecule has 1 rings (SSSR count). The van der Waals surface area contributed by atoms with E-state index >= 15 is 0 Å². The third-order valence-electron chi connectivity index (χ3n) is 1.99. The maximum atomic E-state index is 9.27. The number of aromatic hydroxyl groups is 1. The normalized spacial score (nSPS) is 12.0. The monoisotopic (exact) mass is 206 g/mol. The van der Waals surface area contributed by atoms with Gasteiger partial charge in [-0.2, -0.15) is 5.26 Å². The van der Waals surface area contributed by atoms with Gasteiger partial charge in [-0.05, 0) is 17.7 Å². The number of ether oxygens (including phenoxy) is 1. The van der Waals surface area contributed by atoms with Crippen LogP contribution in [0.25, 0.3) is 0 Å². The van der Waals surface area contributed by atoms with E-state index in [-0.39, 0.29) is 5.75 Å². The topological polar surface area (TPSA) is 65.3 Å². The highest BCUT2D eigenvalue weighted by Crippen LogP contribution is 2.17. The number of nitrogens with zero attached hydrogens (tertiary/aromatic N) is 1. The number of phenols is 1. The summed E-state index contributed by atoms with van der Waals surface area (Å²) in [5.74, 6) is 0.168. The first-order valence-electron chi connectivity index (χ1n) is 4.69. The Bertz CT molecular complexity index is 347. The van der Waals surface area contributed by atoms with Crippen molar-refractivity contribution in [1.29, 1.82) is 5.26 Å². The Morgan fingerprint density at radius 3 is 3.00 bits per heavy atom. The molecule has 1 unspecified atom stereocenters. The molecule has 0 aliphatic heterocycles. The van der Waals surface area contributed by atoms with Crippen LogP contribution < -0.4 is 5.32 Å².